The van der Waals surface area contributed by atoms with Crippen molar-refractivity contribution in [2.24, 2.45) is 0 Å². The fraction of sp³-hybridized carbons (Fsp3) is 0.364. The highest BCUT2D eigenvalue weighted by atomic mass is 32.2. The molecule has 0 spiro atoms. The van der Waals surface area contributed by atoms with Gasteiger partial charge < -0.3 is 9.84 Å². The summed E-state index contributed by atoms with van der Waals surface area (Å²) < 4.78 is 5.02. The zero-order valence-electron chi connectivity index (χ0n) is 9.37. The predicted octanol–water partition coefficient (Wildman–Crippen LogP) is 1.92. The monoisotopic (exact) mass is 269 g/mol. The summed E-state index contributed by atoms with van der Waals surface area (Å²) in [6, 6.07) is 4.34. The molecule has 0 atom stereocenters. The molecule has 6 nitrogen and oxygen atoms in total. The maximum atomic E-state index is 11.1. The summed E-state index contributed by atoms with van der Waals surface area (Å²) >= 11 is 1.56. The standard InChI is InChI=1S/C11H11NO5S/c13-11(14)10-7(6-18-8-4-17-5-8)2-1-3-9(10)12(15)16/h1-3,8H,4-6H2,(H,13,14). The molecular formula is C11H11NO5S. The van der Waals surface area contributed by atoms with E-state index in [1.165, 1.54) is 12.1 Å². The van der Waals surface area contributed by atoms with Gasteiger partial charge in [0.25, 0.3) is 5.69 Å². The van der Waals surface area contributed by atoms with Crippen molar-refractivity contribution in [2.45, 2.75) is 11.0 Å². The van der Waals surface area contributed by atoms with Crippen LogP contribution in [0.15, 0.2) is 18.2 Å². The minimum atomic E-state index is -1.26. The summed E-state index contributed by atoms with van der Waals surface area (Å²) in [4.78, 5) is 21.3. The molecule has 18 heavy (non-hydrogen) atoms. The minimum absolute atomic E-state index is 0.213. The summed E-state index contributed by atoms with van der Waals surface area (Å²) in [7, 11) is 0. The molecule has 2 rings (SSSR count). The Labute approximate surface area is 107 Å². The number of aromatic carboxylic acids is 1. The number of rotatable bonds is 5. The fourth-order valence-electron chi connectivity index (χ4n) is 1.62. The van der Waals surface area contributed by atoms with Crippen LogP contribution in [0.4, 0.5) is 5.69 Å². The summed E-state index contributed by atoms with van der Waals surface area (Å²) in [5.74, 6) is -0.820. The second-order valence-corrected chi connectivity index (χ2v) is 5.13. The van der Waals surface area contributed by atoms with Gasteiger partial charge in [0.2, 0.25) is 0 Å². The van der Waals surface area contributed by atoms with Crippen molar-refractivity contribution in [1.29, 1.82) is 0 Å². The molecule has 0 aromatic heterocycles. The van der Waals surface area contributed by atoms with Gasteiger partial charge in [-0.15, -0.1) is 11.8 Å². The number of carbonyl (C=O) groups is 1. The third kappa shape index (κ3) is 2.62. The van der Waals surface area contributed by atoms with E-state index >= 15 is 0 Å². The Kier molecular flexibility index (Phi) is 3.83. The molecule has 0 saturated carbocycles. The van der Waals surface area contributed by atoms with Crippen LogP contribution in [0.2, 0.25) is 0 Å². The van der Waals surface area contributed by atoms with Crippen LogP contribution in [0.25, 0.3) is 0 Å². The quantitative estimate of drug-likeness (QED) is 0.648. The van der Waals surface area contributed by atoms with Crippen LogP contribution in [0, 0.1) is 10.1 Å². The van der Waals surface area contributed by atoms with Crippen molar-refractivity contribution in [3.05, 3.63) is 39.4 Å². The van der Waals surface area contributed by atoms with Gasteiger partial charge in [-0.2, -0.15) is 0 Å². The lowest BCUT2D eigenvalue weighted by Gasteiger charge is -2.25. The van der Waals surface area contributed by atoms with E-state index in [0.717, 1.165) is 0 Å². The Morgan fingerprint density at radius 2 is 2.28 bits per heavy atom. The van der Waals surface area contributed by atoms with Crippen LogP contribution in [-0.2, 0) is 10.5 Å². The normalized spacial score (nSPS) is 15.1. The van der Waals surface area contributed by atoms with E-state index < -0.39 is 10.9 Å². The molecule has 0 bridgehead atoms. The van der Waals surface area contributed by atoms with E-state index in [9.17, 15) is 14.9 Å². The van der Waals surface area contributed by atoms with Gasteiger partial charge >= 0.3 is 5.97 Å². The lowest BCUT2D eigenvalue weighted by molar-refractivity contribution is -0.385. The lowest BCUT2D eigenvalue weighted by Crippen LogP contribution is -2.30. The average molecular weight is 269 g/mol. The van der Waals surface area contributed by atoms with Crippen LogP contribution in [-0.4, -0.2) is 34.5 Å². The number of hydrogen-bond acceptors (Lipinski definition) is 5. The molecule has 1 heterocycles. The van der Waals surface area contributed by atoms with E-state index in [2.05, 4.69) is 0 Å². The third-order valence-electron chi connectivity index (χ3n) is 2.62. The minimum Gasteiger partial charge on any atom is -0.477 e. The lowest BCUT2D eigenvalue weighted by atomic mass is 10.1. The highest BCUT2D eigenvalue weighted by Crippen LogP contribution is 2.29. The van der Waals surface area contributed by atoms with Gasteiger partial charge in [-0.25, -0.2) is 4.79 Å². The maximum absolute atomic E-state index is 11.1. The van der Waals surface area contributed by atoms with E-state index in [1.54, 1.807) is 17.8 Å². The van der Waals surface area contributed by atoms with Crippen molar-refractivity contribution >= 4 is 23.4 Å². The topological polar surface area (TPSA) is 89.7 Å². The van der Waals surface area contributed by atoms with Gasteiger partial charge in [-0.05, 0) is 5.56 Å². The third-order valence-corrected chi connectivity index (χ3v) is 3.84. The molecule has 1 aliphatic heterocycles. The van der Waals surface area contributed by atoms with Crippen LogP contribution >= 0.6 is 11.8 Å². The van der Waals surface area contributed by atoms with E-state index in [1.807, 2.05) is 0 Å². The molecular weight excluding hydrogens is 258 g/mol. The van der Waals surface area contributed by atoms with Crippen molar-refractivity contribution in [1.82, 2.24) is 0 Å². The van der Waals surface area contributed by atoms with Crippen LogP contribution in [0.1, 0.15) is 15.9 Å². The second-order valence-electron chi connectivity index (χ2n) is 3.84. The summed E-state index contributed by atoms with van der Waals surface area (Å²) in [5.41, 5.74) is -0.0886. The van der Waals surface area contributed by atoms with E-state index in [0.29, 0.717) is 29.8 Å². The summed E-state index contributed by atoms with van der Waals surface area (Å²) in [5, 5.41) is 20.2. The first-order valence-corrected chi connectivity index (χ1v) is 6.33. The Hall–Kier alpha value is -1.60. The van der Waals surface area contributed by atoms with Crippen LogP contribution < -0.4 is 0 Å². The van der Waals surface area contributed by atoms with Gasteiger partial charge in [0.1, 0.15) is 5.56 Å². The molecule has 0 amide bonds. The molecule has 96 valence electrons. The number of nitrogens with zero attached hydrogens (tertiary/aromatic N) is 1. The molecule has 1 saturated heterocycles. The van der Waals surface area contributed by atoms with Gasteiger partial charge in [0.15, 0.2) is 0 Å². The number of nitro groups is 1. The molecule has 1 N–H and O–H groups in total. The van der Waals surface area contributed by atoms with Gasteiger partial charge in [0.05, 0.1) is 23.4 Å². The first kappa shape index (κ1) is 12.8. The molecule has 7 heteroatoms. The molecule has 0 radical (unpaired) electrons. The number of hydrogen-bond donors (Lipinski definition) is 1. The molecule has 1 aromatic rings. The molecule has 1 aliphatic rings. The average Bonchev–Trinajstić information content (AvgIpc) is 2.26. The number of nitro benzene ring substituents is 1. The Balaban J connectivity index is 2.24. The highest BCUT2D eigenvalue weighted by molar-refractivity contribution is 7.99. The van der Waals surface area contributed by atoms with E-state index in [4.69, 9.17) is 9.84 Å². The Bertz CT molecular complexity index is 486. The maximum Gasteiger partial charge on any atom is 0.343 e. The first-order chi connectivity index (χ1) is 8.59. The van der Waals surface area contributed by atoms with E-state index in [-0.39, 0.29) is 11.3 Å². The second kappa shape index (κ2) is 5.36. The SMILES string of the molecule is O=C(O)c1c(CSC2COC2)cccc1[N+](=O)[O-]. The number of thioether (sulfide) groups is 1. The Morgan fingerprint density at radius 1 is 1.56 bits per heavy atom. The predicted molar refractivity (Wildman–Crippen MR) is 66.0 cm³/mol. The number of carboxylic acid groups (broad SMARTS) is 1. The first-order valence-electron chi connectivity index (χ1n) is 5.28. The number of carboxylic acids is 1. The fourth-order valence-corrected chi connectivity index (χ4v) is 2.66. The van der Waals surface area contributed by atoms with Crippen molar-refractivity contribution in [3.63, 3.8) is 0 Å². The zero-order chi connectivity index (χ0) is 13.1. The number of ether oxygens (including phenoxy) is 1. The molecule has 0 aliphatic carbocycles. The van der Waals surface area contributed by atoms with Gasteiger partial charge in [-0.1, -0.05) is 12.1 Å². The van der Waals surface area contributed by atoms with Crippen LogP contribution in [0.5, 0.6) is 0 Å². The Morgan fingerprint density at radius 3 is 2.78 bits per heavy atom. The highest BCUT2D eigenvalue weighted by Gasteiger charge is 2.25. The van der Waals surface area contributed by atoms with Gasteiger partial charge in [0, 0.05) is 11.8 Å². The van der Waals surface area contributed by atoms with Crippen molar-refractivity contribution < 1.29 is 19.6 Å². The summed E-state index contributed by atoms with van der Waals surface area (Å²) in [6.45, 7) is 1.31. The largest absolute Gasteiger partial charge is 0.477 e. The smallest absolute Gasteiger partial charge is 0.343 e. The number of benzene rings is 1. The zero-order valence-corrected chi connectivity index (χ0v) is 10.2. The molecule has 1 aromatic carbocycles. The molecule has 1 fully saturated rings. The van der Waals surface area contributed by atoms with Crippen LogP contribution in [0.3, 0.4) is 0 Å². The van der Waals surface area contributed by atoms with Gasteiger partial charge in [-0.3, -0.25) is 10.1 Å². The van der Waals surface area contributed by atoms with Crippen molar-refractivity contribution in [2.75, 3.05) is 13.2 Å². The summed E-state index contributed by atoms with van der Waals surface area (Å²) in [6.07, 6.45) is 0. The molecule has 0 unspecified atom stereocenters. The van der Waals surface area contributed by atoms with Crippen molar-refractivity contribution in [3.8, 4) is 0 Å².